The quantitative estimate of drug-likeness (QED) is 0.0706. The number of nitrogens with two attached hydrogens (primary N) is 1. The Hall–Kier alpha value is -4.50. The van der Waals surface area contributed by atoms with Crippen molar-refractivity contribution >= 4 is 28.0 Å². The lowest BCUT2D eigenvalue weighted by atomic mass is 9.12. The molecule has 2 aliphatic carbocycles. The van der Waals surface area contributed by atoms with Crippen LogP contribution in [0.15, 0.2) is 0 Å². The van der Waals surface area contributed by atoms with E-state index in [-0.39, 0.29) is 0 Å². The third-order valence-electron chi connectivity index (χ3n) is 14.0. The zero-order valence-corrected chi connectivity index (χ0v) is 35.4. The third-order valence-corrected chi connectivity index (χ3v) is 14.0. The summed E-state index contributed by atoms with van der Waals surface area (Å²) in [5.41, 5.74) is -13.0. The lowest BCUT2D eigenvalue weighted by molar-refractivity contribution is -0.681. The lowest BCUT2D eigenvalue weighted by Crippen LogP contribution is -2.90. The summed E-state index contributed by atoms with van der Waals surface area (Å²) >= 11 is 0. The van der Waals surface area contributed by atoms with Crippen molar-refractivity contribution in [3.63, 3.8) is 0 Å². The van der Waals surface area contributed by atoms with Crippen molar-refractivity contribution in [1.82, 2.24) is 0 Å². The Morgan fingerprint density at radius 1 is 0.303 bits per heavy atom. The molecule has 1 nitrogen and oxygen atoms in total. The highest BCUT2D eigenvalue weighted by Gasteiger charge is 2.52. The van der Waals surface area contributed by atoms with Crippen LogP contribution < -0.4 is 27.2 Å². The molecule has 0 radical (unpaired) electrons. The molecule has 66 heavy (non-hydrogen) atoms. The highest BCUT2D eigenvalue weighted by atomic mass is 19.2. The summed E-state index contributed by atoms with van der Waals surface area (Å²) in [7, 11) is 0. The van der Waals surface area contributed by atoms with Crippen LogP contribution in [-0.2, 0) is 0 Å². The molecule has 0 bridgehead atoms. The fraction of sp³-hybridized carbons (Fsp3) is 0.455. The van der Waals surface area contributed by atoms with Gasteiger partial charge in [-0.3, -0.25) is 0 Å². The SMILES string of the molecule is CC(C)C1(C[NH2+]CC2(C(C)C)CCCCC2)CCCCC1.Fc1c(F)c(F)c([B-](c2c(F)c(F)c(F)c(F)c2F)(c2c(F)c(F)c(F)c(F)c2F)c2c(F)c(F)c(F)c(F)c2F)c(F)c1F. The minimum Gasteiger partial charge on any atom is -0.345 e. The summed E-state index contributed by atoms with van der Waals surface area (Å²) in [6, 6.07) is 0. The van der Waals surface area contributed by atoms with Gasteiger partial charge in [0.05, 0.1) is 13.1 Å². The first-order valence-corrected chi connectivity index (χ1v) is 20.8. The van der Waals surface area contributed by atoms with Gasteiger partial charge in [0.1, 0.15) is 52.7 Å². The minimum absolute atomic E-state index is 0.644. The molecule has 2 aliphatic rings. The Balaban J connectivity index is 0.000000324. The van der Waals surface area contributed by atoms with E-state index in [0.29, 0.717) is 10.8 Å². The molecule has 0 aliphatic heterocycles. The van der Waals surface area contributed by atoms with E-state index in [1.165, 1.54) is 77.3 Å². The molecule has 0 aromatic heterocycles. The van der Waals surface area contributed by atoms with Gasteiger partial charge in [0.25, 0.3) is 0 Å². The maximum atomic E-state index is 15.4. The summed E-state index contributed by atoms with van der Waals surface area (Å²) in [6.07, 6.45) is 7.56. The molecule has 0 atom stereocenters. The van der Waals surface area contributed by atoms with Crippen LogP contribution in [0.3, 0.4) is 0 Å². The second kappa shape index (κ2) is 19.6. The Labute approximate surface area is 364 Å². The summed E-state index contributed by atoms with van der Waals surface area (Å²) in [5.74, 6) is -69.7. The van der Waals surface area contributed by atoms with E-state index >= 15 is 35.1 Å². The van der Waals surface area contributed by atoms with E-state index in [0.717, 1.165) is 11.8 Å². The van der Waals surface area contributed by atoms with Crippen molar-refractivity contribution in [2.75, 3.05) is 13.1 Å². The molecule has 0 heterocycles. The summed E-state index contributed by atoms with van der Waals surface area (Å²) in [6.45, 7) is 12.7. The fourth-order valence-corrected chi connectivity index (χ4v) is 10.1. The molecule has 2 fully saturated rings. The van der Waals surface area contributed by atoms with Crippen molar-refractivity contribution < 1.29 is 93.1 Å². The number of halogens is 20. The second-order valence-electron chi connectivity index (χ2n) is 17.7. The van der Waals surface area contributed by atoms with Crippen LogP contribution in [0.5, 0.6) is 0 Å². The van der Waals surface area contributed by atoms with Crippen LogP contribution in [0.2, 0.25) is 0 Å². The largest absolute Gasteiger partial charge is 0.345 e. The van der Waals surface area contributed by atoms with Crippen molar-refractivity contribution in [2.24, 2.45) is 22.7 Å². The van der Waals surface area contributed by atoms with Crippen LogP contribution in [0.1, 0.15) is 91.9 Å². The first-order valence-electron chi connectivity index (χ1n) is 20.8. The van der Waals surface area contributed by atoms with Gasteiger partial charge < -0.3 is 5.32 Å². The lowest BCUT2D eigenvalue weighted by Gasteiger charge is -2.44. The van der Waals surface area contributed by atoms with Gasteiger partial charge >= 0.3 is 0 Å². The Morgan fingerprint density at radius 3 is 0.636 bits per heavy atom. The molecule has 0 spiro atoms. The van der Waals surface area contributed by atoms with E-state index in [1.54, 1.807) is 0 Å². The molecule has 2 N–H and O–H groups in total. The standard InChI is InChI=1S/C24BF20.C20H39N/c26-5-1(6(27)14(35)21(42)13(5)34)25(2-7(28)15(36)22(43)16(37)8(2)29,3-9(30)17(38)23(44)18(39)10(3)31)4-11(32)19(40)24(45)20(41)12(4)33;1-17(2)19(11-7-5-8-12-19)15-21-16-20(18(3)4)13-9-6-10-14-20/h;17-18,21H,5-16H2,1-4H3/q-1;/p+1. The van der Waals surface area contributed by atoms with Crippen LogP contribution >= 0.6 is 0 Å². The van der Waals surface area contributed by atoms with E-state index in [4.69, 9.17) is 0 Å². The molecule has 4 aromatic carbocycles. The van der Waals surface area contributed by atoms with Crippen LogP contribution in [0.25, 0.3) is 0 Å². The maximum absolute atomic E-state index is 15.4. The minimum atomic E-state index is -7.22. The zero-order valence-electron chi connectivity index (χ0n) is 35.4. The van der Waals surface area contributed by atoms with E-state index in [9.17, 15) is 52.7 Å². The molecule has 364 valence electrons. The van der Waals surface area contributed by atoms with Crippen molar-refractivity contribution in [3.8, 4) is 0 Å². The predicted octanol–water partition coefficient (Wildman–Crippen LogP) is 10.6. The normalized spacial score (nSPS) is 16.3. The molecule has 0 saturated heterocycles. The highest BCUT2D eigenvalue weighted by Crippen LogP contribution is 2.43. The van der Waals surface area contributed by atoms with Gasteiger partial charge in [0.2, 0.25) is 0 Å². The Bertz CT molecular complexity index is 2080. The first-order chi connectivity index (χ1) is 30.7. The molecule has 0 amide bonds. The van der Waals surface area contributed by atoms with Crippen molar-refractivity contribution in [3.05, 3.63) is 116 Å². The molecule has 22 heteroatoms. The smallest absolute Gasteiger partial charge is 0.200 e. The zero-order chi connectivity index (χ0) is 49.7. The van der Waals surface area contributed by atoms with Gasteiger partial charge in [0, 0.05) is 10.8 Å². The van der Waals surface area contributed by atoms with E-state index in [2.05, 4.69) is 33.0 Å². The molecule has 4 aromatic rings. The van der Waals surface area contributed by atoms with E-state index < -0.39 is 144 Å². The van der Waals surface area contributed by atoms with Crippen LogP contribution in [-0.4, -0.2) is 19.2 Å². The van der Waals surface area contributed by atoms with Gasteiger partial charge in [-0.25, -0.2) is 87.8 Å². The average molecular weight is 974 g/mol. The highest BCUT2D eigenvalue weighted by molar-refractivity contribution is 7.20. The number of benzene rings is 4. The van der Waals surface area contributed by atoms with E-state index in [1.807, 2.05) is 0 Å². The van der Waals surface area contributed by atoms with Gasteiger partial charge in [-0.05, 0) is 37.5 Å². The predicted molar refractivity (Wildman–Crippen MR) is 202 cm³/mol. The monoisotopic (exact) mass is 973 g/mol. The second-order valence-corrected chi connectivity index (χ2v) is 17.7. The number of rotatable bonds is 10. The van der Waals surface area contributed by atoms with Gasteiger partial charge in [0.15, 0.2) is 69.8 Å². The Kier molecular flexibility index (Phi) is 15.6. The summed E-state index contributed by atoms with van der Waals surface area (Å²) in [4.78, 5) is 0. The van der Waals surface area contributed by atoms with Gasteiger partial charge in [-0.15, -0.1) is 21.9 Å². The molecule has 6 rings (SSSR count). The van der Waals surface area contributed by atoms with Crippen molar-refractivity contribution in [2.45, 2.75) is 91.9 Å². The number of hydrogen-bond acceptors (Lipinski definition) is 0. The molecular formula is C44H40BF20N. The van der Waals surface area contributed by atoms with Gasteiger partial charge in [-0.1, -0.05) is 66.2 Å². The van der Waals surface area contributed by atoms with Gasteiger partial charge in [-0.2, -0.15) is 0 Å². The fourth-order valence-electron chi connectivity index (χ4n) is 10.1. The number of quaternary nitrogens is 1. The number of hydrogen-bond donors (Lipinski definition) is 1. The topological polar surface area (TPSA) is 16.6 Å². The molecule has 2 saturated carbocycles. The first kappa shape index (κ1) is 52.5. The van der Waals surface area contributed by atoms with Crippen molar-refractivity contribution in [1.29, 1.82) is 0 Å². The molecular weight excluding hydrogens is 933 g/mol. The third kappa shape index (κ3) is 8.42. The summed E-state index contributed by atoms with van der Waals surface area (Å²) < 4.78 is 294. The maximum Gasteiger partial charge on any atom is 0.200 e. The Morgan fingerprint density at radius 2 is 0.470 bits per heavy atom. The molecule has 0 unspecified atom stereocenters. The van der Waals surface area contributed by atoms with Crippen LogP contribution in [0, 0.1) is 139 Å². The summed E-state index contributed by atoms with van der Waals surface area (Å²) in [5, 5.41) is 2.73. The average Bonchev–Trinajstić information content (AvgIpc) is 3.29. The van der Waals surface area contributed by atoms with Crippen LogP contribution in [0.4, 0.5) is 87.8 Å².